The molecule has 0 spiro atoms. The normalized spacial score (nSPS) is 15.7. The smallest absolute Gasteiger partial charge is 0.354 e. The van der Waals surface area contributed by atoms with Crippen LogP contribution in [0.5, 0.6) is 17.2 Å². The molecule has 0 saturated carbocycles. The van der Waals surface area contributed by atoms with Gasteiger partial charge in [0.25, 0.3) is 10.0 Å². The first-order valence-corrected chi connectivity index (χ1v) is 12.4. The number of carboxylic acids is 1. The minimum absolute atomic E-state index is 0.0474. The Hall–Kier alpha value is -3.63. The number of fused-ring (bicyclic) bond motifs is 2. The van der Waals surface area contributed by atoms with E-state index < -0.39 is 16.0 Å². The summed E-state index contributed by atoms with van der Waals surface area (Å²) in [6.45, 7) is -0.104. The zero-order valence-electron chi connectivity index (χ0n) is 17.9. The fraction of sp³-hybridized carbons (Fsp3) is 0.125. The summed E-state index contributed by atoms with van der Waals surface area (Å²) in [5, 5.41) is 10.2. The van der Waals surface area contributed by atoms with Gasteiger partial charge in [0.15, 0.2) is 17.2 Å². The second-order valence-electron chi connectivity index (χ2n) is 7.46. The van der Waals surface area contributed by atoms with E-state index in [2.05, 4.69) is 0 Å². The molecule has 2 aliphatic rings. The van der Waals surface area contributed by atoms with Gasteiger partial charge < -0.3 is 19.3 Å². The lowest BCUT2D eigenvalue weighted by Crippen LogP contribution is -2.37. The monoisotopic (exact) mass is 497 g/mol. The average Bonchev–Trinajstić information content (AvgIpc) is 3.30. The van der Waals surface area contributed by atoms with E-state index in [0.29, 0.717) is 38.2 Å². The fourth-order valence-corrected chi connectivity index (χ4v) is 6.74. The van der Waals surface area contributed by atoms with Gasteiger partial charge in [-0.2, -0.15) is 0 Å². The lowest BCUT2D eigenvalue weighted by molar-refractivity contribution is -0.133. The number of aliphatic carboxylic acids is 1. The van der Waals surface area contributed by atoms with E-state index in [4.69, 9.17) is 14.2 Å². The summed E-state index contributed by atoms with van der Waals surface area (Å²) in [5.74, 6) is 0.304. The summed E-state index contributed by atoms with van der Waals surface area (Å²) >= 11 is 1.18. The highest BCUT2D eigenvalue weighted by Gasteiger charge is 2.40. The lowest BCUT2D eigenvalue weighted by atomic mass is 10.1. The number of carboxylic acid groups (broad SMARTS) is 1. The molecular formula is C24H19NO7S2. The van der Waals surface area contributed by atoms with Gasteiger partial charge in [-0.05, 0) is 42.0 Å². The SMILES string of the molecule is COc1cccc(SC2=C(C(=O)O)N(Cc3ccc4c(c3)OCO4)S(=O)(=O)c3ccccc32)c1. The van der Waals surface area contributed by atoms with E-state index in [1.54, 1.807) is 61.7 Å². The van der Waals surface area contributed by atoms with Crippen LogP contribution in [-0.2, 0) is 21.4 Å². The largest absolute Gasteiger partial charge is 0.497 e. The molecule has 34 heavy (non-hydrogen) atoms. The van der Waals surface area contributed by atoms with Crippen molar-refractivity contribution in [2.45, 2.75) is 16.3 Å². The maximum atomic E-state index is 13.6. The Morgan fingerprint density at radius 1 is 1.06 bits per heavy atom. The molecule has 0 unspecified atom stereocenters. The highest BCUT2D eigenvalue weighted by atomic mass is 32.2. The van der Waals surface area contributed by atoms with Crippen LogP contribution >= 0.6 is 11.8 Å². The zero-order chi connectivity index (χ0) is 23.9. The molecule has 174 valence electrons. The van der Waals surface area contributed by atoms with Crippen LogP contribution in [0.4, 0.5) is 0 Å². The molecule has 0 amide bonds. The van der Waals surface area contributed by atoms with Gasteiger partial charge in [-0.15, -0.1) is 0 Å². The van der Waals surface area contributed by atoms with Gasteiger partial charge in [-0.1, -0.05) is 42.1 Å². The third kappa shape index (κ3) is 3.84. The van der Waals surface area contributed by atoms with Crippen molar-refractivity contribution in [1.29, 1.82) is 0 Å². The van der Waals surface area contributed by atoms with Gasteiger partial charge in [-0.25, -0.2) is 13.2 Å². The van der Waals surface area contributed by atoms with Crippen molar-refractivity contribution in [2.24, 2.45) is 0 Å². The third-order valence-electron chi connectivity index (χ3n) is 5.39. The minimum Gasteiger partial charge on any atom is -0.497 e. The average molecular weight is 498 g/mol. The minimum atomic E-state index is -4.14. The van der Waals surface area contributed by atoms with Crippen LogP contribution in [-0.4, -0.2) is 37.7 Å². The summed E-state index contributed by atoms with van der Waals surface area (Å²) in [6.07, 6.45) is 0. The van der Waals surface area contributed by atoms with Gasteiger partial charge in [0.1, 0.15) is 5.75 Å². The van der Waals surface area contributed by atoms with Crippen LogP contribution in [0.3, 0.4) is 0 Å². The van der Waals surface area contributed by atoms with E-state index in [-0.39, 0.29) is 23.9 Å². The molecule has 10 heteroatoms. The molecule has 0 aromatic heterocycles. The van der Waals surface area contributed by atoms with Gasteiger partial charge in [0, 0.05) is 10.5 Å². The number of hydrogen-bond acceptors (Lipinski definition) is 7. The van der Waals surface area contributed by atoms with E-state index in [1.807, 2.05) is 6.07 Å². The van der Waals surface area contributed by atoms with Crippen LogP contribution in [0.1, 0.15) is 11.1 Å². The van der Waals surface area contributed by atoms with Crippen molar-refractivity contribution in [2.75, 3.05) is 13.9 Å². The molecule has 1 N–H and O–H groups in total. The predicted octanol–water partition coefficient (Wildman–Crippen LogP) is 4.17. The summed E-state index contributed by atoms with van der Waals surface area (Å²) in [4.78, 5) is 13.6. The van der Waals surface area contributed by atoms with Crippen molar-refractivity contribution in [1.82, 2.24) is 4.31 Å². The summed E-state index contributed by atoms with van der Waals surface area (Å²) in [7, 11) is -2.60. The van der Waals surface area contributed by atoms with Crippen molar-refractivity contribution < 1.29 is 32.5 Å². The molecule has 3 aromatic rings. The Kier molecular flexibility index (Phi) is 5.62. The summed E-state index contributed by atoms with van der Waals surface area (Å²) < 4.78 is 44.1. The van der Waals surface area contributed by atoms with E-state index >= 15 is 0 Å². The number of benzene rings is 3. The Bertz CT molecular complexity index is 1430. The number of methoxy groups -OCH3 is 1. The Labute approximate surface area is 200 Å². The Morgan fingerprint density at radius 2 is 1.85 bits per heavy atom. The first-order valence-electron chi connectivity index (χ1n) is 10.2. The second-order valence-corrected chi connectivity index (χ2v) is 10.4. The quantitative estimate of drug-likeness (QED) is 0.541. The highest BCUT2D eigenvalue weighted by Crippen LogP contribution is 2.46. The highest BCUT2D eigenvalue weighted by molar-refractivity contribution is 8.08. The molecule has 0 radical (unpaired) electrons. The van der Waals surface area contributed by atoms with Crippen LogP contribution in [0, 0.1) is 0 Å². The maximum Gasteiger partial charge on any atom is 0.354 e. The van der Waals surface area contributed by atoms with Crippen LogP contribution < -0.4 is 14.2 Å². The predicted molar refractivity (Wildman–Crippen MR) is 125 cm³/mol. The summed E-state index contributed by atoms with van der Waals surface area (Å²) in [5.41, 5.74) is 0.593. The number of thioether (sulfide) groups is 1. The first-order chi connectivity index (χ1) is 16.4. The zero-order valence-corrected chi connectivity index (χ0v) is 19.6. The van der Waals surface area contributed by atoms with E-state index in [9.17, 15) is 18.3 Å². The molecule has 0 bridgehead atoms. The molecule has 8 nitrogen and oxygen atoms in total. The lowest BCUT2D eigenvalue weighted by Gasteiger charge is -2.32. The van der Waals surface area contributed by atoms with Gasteiger partial charge >= 0.3 is 5.97 Å². The van der Waals surface area contributed by atoms with Crippen molar-refractivity contribution in [3.8, 4) is 17.2 Å². The third-order valence-corrected chi connectivity index (χ3v) is 8.30. The van der Waals surface area contributed by atoms with Crippen LogP contribution in [0.2, 0.25) is 0 Å². The number of hydrogen-bond donors (Lipinski definition) is 1. The number of sulfonamides is 1. The van der Waals surface area contributed by atoms with E-state index in [1.165, 1.54) is 17.8 Å². The van der Waals surface area contributed by atoms with Gasteiger partial charge in [-0.3, -0.25) is 4.31 Å². The molecule has 0 saturated heterocycles. The first kappa shape index (κ1) is 22.2. The molecule has 0 aliphatic carbocycles. The Balaban J connectivity index is 1.66. The number of nitrogens with zero attached hydrogens (tertiary/aromatic N) is 1. The number of carbonyl (C=O) groups is 1. The molecule has 2 heterocycles. The number of ether oxygens (including phenoxy) is 3. The molecule has 2 aliphatic heterocycles. The summed E-state index contributed by atoms with van der Waals surface area (Å²) in [6, 6.07) is 18.6. The molecule has 0 fully saturated rings. The van der Waals surface area contributed by atoms with Crippen LogP contribution in [0.25, 0.3) is 4.91 Å². The molecular weight excluding hydrogens is 478 g/mol. The van der Waals surface area contributed by atoms with Gasteiger partial charge in [0.2, 0.25) is 6.79 Å². The van der Waals surface area contributed by atoms with Gasteiger partial charge in [0.05, 0.1) is 23.5 Å². The van der Waals surface area contributed by atoms with Crippen molar-refractivity contribution in [3.05, 3.63) is 83.6 Å². The second kappa shape index (κ2) is 8.62. The van der Waals surface area contributed by atoms with Crippen molar-refractivity contribution >= 4 is 32.7 Å². The van der Waals surface area contributed by atoms with Crippen molar-refractivity contribution in [3.63, 3.8) is 0 Å². The van der Waals surface area contributed by atoms with Crippen LogP contribution in [0.15, 0.2) is 82.2 Å². The number of rotatable bonds is 6. The topological polar surface area (TPSA) is 102 Å². The fourth-order valence-electron chi connectivity index (χ4n) is 3.82. The molecule has 0 atom stereocenters. The Morgan fingerprint density at radius 3 is 2.65 bits per heavy atom. The molecule has 5 rings (SSSR count). The molecule has 3 aromatic carbocycles. The van der Waals surface area contributed by atoms with E-state index in [0.717, 1.165) is 4.31 Å². The standard InChI is InChI=1S/C24H19NO7S2/c1-30-16-5-4-6-17(12-16)33-23-18-7-2-3-8-21(18)34(28,29)25(22(23)24(26)27)13-15-9-10-19-20(11-15)32-14-31-19/h2-12H,13-14H2,1H3,(H,26,27). The maximum absolute atomic E-state index is 13.6.